The Morgan fingerprint density at radius 1 is 0.939 bits per heavy atom. The summed E-state index contributed by atoms with van der Waals surface area (Å²) in [7, 11) is 0. The van der Waals surface area contributed by atoms with Gasteiger partial charge in [0.05, 0.1) is 16.8 Å². The number of hydrogen-bond donors (Lipinski definition) is 2. The molecule has 1 aliphatic carbocycles. The molecular weight excluding hydrogens is 564 g/mol. The van der Waals surface area contributed by atoms with Crippen LogP contribution < -0.4 is 10.6 Å². The van der Waals surface area contributed by atoms with Crippen molar-refractivity contribution in [3.63, 3.8) is 0 Å². The molecule has 0 radical (unpaired) electrons. The lowest BCUT2D eigenvalue weighted by Crippen LogP contribution is -2.27. The van der Waals surface area contributed by atoms with Crippen molar-refractivity contribution in [2.75, 3.05) is 10.6 Å². The minimum Gasteiger partial charge on any atom is -0.321 e. The molecule has 172 valence electrons. The van der Waals surface area contributed by atoms with E-state index in [1.165, 1.54) is 16.2 Å². The average Bonchev–Trinajstić information content (AvgIpc) is 3.12. The van der Waals surface area contributed by atoms with E-state index in [0.717, 1.165) is 33.8 Å². The zero-order chi connectivity index (χ0) is 23.8. The Balaban J connectivity index is 1.71. The summed E-state index contributed by atoms with van der Waals surface area (Å²) in [6.45, 7) is 6.81. The number of nitrogens with one attached hydrogen (secondary N) is 2. The third kappa shape index (κ3) is 5.26. The number of anilines is 2. The monoisotopic (exact) mass is 588 g/mol. The van der Waals surface area contributed by atoms with Gasteiger partial charge in [-0.25, -0.2) is 0 Å². The molecule has 1 atom stereocenters. The van der Waals surface area contributed by atoms with Crippen LogP contribution in [0.4, 0.5) is 10.7 Å². The van der Waals surface area contributed by atoms with Crippen molar-refractivity contribution in [3.8, 4) is 0 Å². The van der Waals surface area contributed by atoms with Crippen LogP contribution in [0, 0.1) is 11.3 Å². The van der Waals surface area contributed by atoms with Crippen LogP contribution in [0.25, 0.3) is 0 Å². The second kappa shape index (κ2) is 9.72. The average molecular weight is 590 g/mol. The molecule has 0 spiro atoms. The van der Waals surface area contributed by atoms with Gasteiger partial charge in [0.1, 0.15) is 5.00 Å². The Morgan fingerprint density at radius 3 is 2.27 bits per heavy atom. The normalized spacial score (nSPS) is 15.6. The van der Waals surface area contributed by atoms with E-state index in [1.54, 1.807) is 6.07 Å². The van der Waals surface area contributed by atoms with Gasteiger partial charge in [0, 0.05) is 13.8 Å². The summed E-state index contributed by atoms with van der Waals surface area (Å²) in [5.74, 6) is 0.106. The fourth-order valence-electron chi connectivity index (χ4n) is 4.22. The molecule has 4 rings (SSSR count). The van der Waals surface area contributed by atoms with Gasteiger partial charge >= 0.3 is 0 Å². The minimum absolute atomic E-state index is 0.192. The molecule has 2 N–H and O–H groups in total. The Bertz CT molecular complexity index is 1210. The molecule has 0 aliphatic heterocycles. The standard InChI is InChI=1S/C26H26Br2N2O2S/c1-26(2,3)15-12-13-17-21(14-15)33-25(30-23(31)16-8-4-5-9-18(16)27)22(17)24(32)29-20-11-7-6-10-19(20)28/h4-11,15H,12-14H2,1-3H3,(H,29,32)(H,30,31). The van der Waals surface area contributed by atoms with Gasteiger partial charge < -0.3 is 10.6 Å². The fourth-order valence-corrected chi connectivity index (χ4v) is 6.39. The van der Waals surface area contributed by atoms with Gasteiger partial charge in [-0.1, -0.05) is 45.0 Å². The number of thiophene rings is 1. The first kappa shape index (κ1) is 24.2. The van der Waals surface area contributed by atoms with E-state index in [2.05, 4.69) is 63.3 Å². The van der Waals surface area contributed by atoms with Crippen molar-refractivity contribution >= 4 is 65.7 Å². The van der Waals surface area contributed by atoms with E-state index in [1.807, 2.05) is 42.5 Å². The topological polar surface area (TPSA) is 58.2 Å². The van der Waals surface area contributed by atoms with Crippen LogP contribution in [-0.4, -0.2) is 11.8 Å². The molecule has 2 amide bonds. The first-order valence-corrected chi connectivity index (χ1v) is 13.3. The minimum atomic E-state index is -0.233. The third-order valence-electron chi connectivity index (χ3n) is 6.18. The highest BCUT2D eigenvalue weighted by atomic mass is 79.9. The number of benzene rings is 2. The van der Waals surface area contributed by atoms with Gasteiger partial charge in [-0.15, -0.1) is 11.3 Å². The first-order valence-electron chi connectivity index (χ1n) is 10.9. The second-order valence-corrected chi connectivity index (χ2v) is 12.2. The highest BCUT2D eigenvalue weighted by Crippen LogP contribution is 2.44. The lowest BCUT2D eigenvalue weighted by Gasteiger charge is -2.33. The van der Waals surface area contributed by atoms with Crippen LogP contribution >= 0.6 is 43.2 Å². The second-order valence-electron chi connectivity index (χ2n) is 9.38. The molecule has 0 bridgehead atoms. The number of rotatable bonds is 4. The number of carbonyl (C=O) groups excluding carboxylic acids is 2. The molecule has 0 fully saturated rings. The Labute approximate surface area is 215 Å². The number of halogens is 2. The number of carbonyl (C=O) groups is 2. The Morgan fingerprint density at radius 2 is 1.61 bits per heavy atom. The van der Waals surface area contributed by atoms with Crippen molar-refractivity contribution in [3.05, 3.63) is 79.0 Å². The Kier molecular flexibility index (Phi) is 7.12. The number of para-hydroxylation sites is 1. The molecule has 4 nitrogen and oxygen atoms in total. The van der Waals surface area contributed by atoms with Crippen LogP contribution in [0.5, 0.6) is 0 Å². The lowest BCUT2D eigenvalue weighted by atomic mass is 9.72. The lowest BCUT2D eigenvalue weighted by molar-refractivity contribution is 0.102. The molecule has 1 aromatic heterocycles. The zero-order valence-electron chi connectivity index (χ0n) is 18.8. The van der Waals surface area contributed by atoms with E-state index in [4.69, 9.17) is 0 Å². The van der Waals surface area contributed by atoms with Gasteiger partial charge in [0.2, 0.25) is 0 Å². The van der Waals surface area contributed by atoms with E-state index in [-0.39, 0.29) is 17.2 Å². The maximum Gasteiger partial charge on any atom is 0.258 e. The molecular formula is C26H26Br2N2O2S. The summed E-state index contributed by atoms with van der Waals surface area (Å²) < 4.78 is 1.53. The highest BCUT2D eigenvalue weighted by molar-refractivity contribution is 9.11. The number of fused-ring (bicyclic) bond motifs is 1. The quantitative estimate of drug-likeness (QED) is 0.324. The summed E-state index contributed by atoms with van der Waals surface area (Å²) in [5.41, 5.74) is 3.07. The van der Waals surface area contributed by atoms with Crippen molar-refractivity contribution in [2.45, 2.75) is 40.0 Å². The number of hydrogen-bond acceptors (Lipinski definition) is 3. The van der Waals surface area contributed by atoms with Crippen LogP contribution in [-0.2, 0) is 12.8 Å². The van der Waals surface area contributed by atoms with Gasteiger partial charge in [-0.2, -0.15) is 0 Å². The molecule has 1 unspecified atom stereocenters. The number of amides is 2. The summed E-state index contributed by atoms with van der Waals surface area (Å²) in [4.78, 5) is 27.8. The summed E-state index contributed by atoms with van der Waals surface area (Å²) in [5, 5.41) is 6.68. The Hall–Kier alpha value is -1.96. The first-order chi connectivity index (χ1) is 15.6. The molecule has 1 aliphatic rings. The SMILES string of the molecule is CC(C)(C)C1CCc2c(sc(NC(=O)c3ccccc3Br)c2C(=O)Nc2ccccc2Br)C1. The van der Waals surface area contributed by atoms with Crippen molar-refractivity contribution in [1.29, 1.82) is 0 Å². The summed E-state index contributed by atoms with van der Waals surface area (Å²) >= 11 is 8.49. The maximum absolute atomic E-state index is 13.5. The predicted molar refractivity (Wildman–Crippen MR) is 143 cm³/mol. The van der Waals surface area contributed by atoms with Crippen molar-refractivity contribution in [1.82, 2.24) is 0 Å². The largest absolute Gasteiger partial charge is 0.321 e. The van der Waals surface area contributed by atoms with Crippen LogP contribution in [0.2, 0.25) is 0 Å². The van der Waals surface area contributed by atoms with E-state index in [9.17, 15) is 9.59 Å². The van der Waals surface area contributed by atoms with Gasteiger partial charge in [0.25, 0.3) is 11.8 Å². The van der Waals surface area contributed by atoms with Gasteiger partial charge in [0.15, 0.2) is 0 Å². The fraction of sp³-hybridized carbons (Fsp3) is 0.308. The maximum atomic E-state index is 13.5. The summed E-state index contributed by atoms with van der Waals surface area (Å²) in [6, 6.07) is 14.8. The van der Waals surface area contributed by atoms with Crippen LogP contribution in [0.3, 0.4) is 0 Å². The third-order valence-corrected chi connectivity index (χ3v) is 8.74. The highest BCUT2D eigenvalue weighted by Gasteiger charge is 2.34. The molecule has 1 heterocycles. The molecule has 0 saturated heterocycles. The van der Waals surface area contributed by atoms with Gasteiger partial charge in [-0.05, 0) is 92.3 Å². The molecule has 0 saturated carbocycles. The van der Waals surface area contributed by atoms with E-state index in [0.29, 0.717) is 27.7 Å². The van der Waals surface area contributed by atoms with Crippen LogP contribution in [0.1, 0.15) is 58.3 Å². The smallest absolute Gasteiger partial charge is 0.258 e. The molecule has 7 heteroatoms. The van der Waals surface area contributed by atoms with Crippen molar-refractivity contribution < 1.29 is 9.59 Å². The van der Waals surface area contributed by atoms with E-state index >= 15 is 0 Å². The molecule has 33 heavy (non-hydrogen) atoms. The summed E-state index contributed by atoms with van der Waals surface area (Å²) in [6.07, 6.45) is 2.78. The molecule has 2 aromatic carbocycles. The predicted octanol–water partition coefficient (Wildman–Crippen LogP) is 7.93. The van der Waals surface area contributed by atoms with Crippen molar-refractivity contribution in [2.24, 2.45) is 11.3 Å². The zero-order valence-corrected chi connectivity index (χ0v) is 22.8. The molecule has 3 aromatic rings. The van der Waals surface area contributed by atoms with Crippen LogP contribution in [0.15, 0.2) is 57.5 Å². The van der Waals surface area contributed by atoms with Gasteiger partial charge in [-0.3, -0.25) is 9.59 Å². The van der Waals surface area contributed by atoms with E-state index < -0.39 is 0 Å².